The third kappa shape index (κ3) is 3.74. The van der Waals surface area contributed by atoms with Gasteiger partial charge in [-0.05, 0) is 12.8 Å². The number of nitrogens with one attached hydrogen (secondary N) is 1. The summed E-state index contributed by atoms with van der Waals surface area (Å²) in [4.78, 5) is -0.115. The van der Waals surface area contributed by atoms with Gasteiger partial charge in [-0.15, -0.1) is 0 Å². The molecule has 1 fully saturated rings. The average molecular weight is 308 g/mol. The van der Waals surface area contributed by atoms with E-state index in [9.17, 15) is 17.2 Å². The highest BCUT2D eigenvalue weighted by atomic mass is 32.2. The first kappa shape index (κ1) is 15.3. The Bertz CT molecular complexity index is 546. The lowest BCUT2D eigenvalue weighted by Crippen LogP contribution is -2.49. The standard InChI is InChI=1S/C11H18F2N4O2S/c12-11(13)7-17-6-8(5-15-17)20(18,19)16-10-4-2-1-3-9(10)14/h5-6,9-11,16H,1-4,7,14H2/t9-,10-/m1/s1. The highest BCUT2D eigenvalue weighted by Gasteiger charge is 2.28. The van der Waals surface area contributed by atoms with Gasteiger partial charge in [0, 0.05) is 18.3 Å². The lowest BCUT2D eigenvalue weighted by molar-refractivity contribution is 0.121. The molecular formula is C11H18F2N4O2S. The lowest BCUT2D eigenvalue weighted by Gasteiger charge is -2.28. The highest BCUT2D eigenvalue weighted by molar-refractivity contribution is 7.89. The molecule has 0 amide bonds. The number of hydrogen-bond acceptors (Lipinski definition) is 4. The van der Waals surface area contributed by atoms with Gasteiger partial charge in [-0.2, -0.15) is 5.10 Å². The van der Waals surface area contributed by atoms with Crippen LogP contribution in [0.3, 0.4) is 0 Å². The normalized spacial score (nSPS) is 24.2. The molecule has 1 aromatic heterocycles. The van der Waals surface area contributed by atoms with Crippen LogP contribution in [0.1, 0.15) is 25.7 Å². The van der Waals surface area contributed by atoms with E-state index in [2.05, 4.69) is 9.82 Å². The summed E-state index contributed by atoms with van der Waals surface area (Å²) in [6.45, 7) is -0.627. The first-order valence-corrected chi connectivity index (χ1v) is 7.95. The maximum absolute atomic E-state index is 12.2. The molecule has 20 heavy (non-hydrogen) atoms. The number of alkyl halides is 2. The Hall–Kier alpha value is -1.06. The van der Waals surface area contributed by atoms with Crippen molar-refractivity contribution in [1.29, 1.82) is 0 Å². The SMILES string of the molecule is N[C@@H]1CCCC[C@H]1NS(=O)(=O)c1cnn(CC(F)F)c1. The smallest absolute Gasteiger partial charge is 0.257 e. The summed E-state index contributed by atoms with van der Waals surface area (Å²) >= 11 is 0. The van der Waals surface area contributed by atoms with Gasteiger partial charge in [-0.25, -0.2) is 21.9 Å². The van der Waals surface area contributed by atoms with Gasteiger partial charge in [-0.3, -0.25) is 4.68 Å². The number of hydrogen-bond donors (Lipinski definition) is 2. The van der Waals surface area contributed by atoms with E-state index in [1.54, 1.807) is 0 Å². The Morgan fingerprint density at radius 2 is 2.15 bits per heavy atom. The third-order valence-corrected chi connectivity index (χ3v) is 4.82. The number of halogens is 2. The Balaban J connectivity index is 2.07. The van der Waals surface area contributed by atoms with Crippen molar-refractivity contribution in [3.8, 4) is 0 Å². The molecule has 0 unspecified atom stereocenters. The van der Waals surface area contributed by atoms with Crippen molar-refractivity contribution in [3.63, 3.8) is 0 Å². The van der Waals surface area contributed by atoms with Crippen molar-refractivity contribution >= 4 is 10.0 Å². The summed E-state index contributed by atoms with van der Waals surface area (Å²) in [5, 5.41) is 3.62. The second-order valence-corrected chi connectivity index (χ2v) is 6.68. The van der Waals surface area contributed by atoms with E-state index in [0.717, 1.165) is 36.3 Å². The Kier molecular flexibility index (Phi) is 4.71. The summed E-state index contributed by atoms with van der Waals surface area (Å²) in [7, 11) is -3.77. The maximum atomic E-state index is 12.2. The van der Waals surface area contributed by atoms with Gasteiger partial charge < -0.3 is 5.73 Å². The molecule has 0 saturated heterocycles. The summed E-state index contributed by atoms with van der Waals surface area (Å²) in [5.41, 5.74) is 5.89. The minimum Gasteiger partial charge on any atom is -0.326 e. The first-order chi connectivity index (χ1) is 9.38. The van der Waals surface area contributed by atoms with Crippen LogP contribution >= 0.6 is 0 Å². The lowest BCUT2D eigenvalue weighted by atomic mass is 9.92. The molecule has 9 heteroatoms. The van der Waals surface area contributed by atoms with Gasteiger partial charge >= 0.3 is 0 Å². The molecule has 0 aliphatic heterocycles. The van der Waals surface area contributed by atoms with Crippen LogP contribution < -0.4 is 10.5 Å². The second-order valence-electron chi connectivity index (χ2n) is 4.97. The van der Waals surface area contributed by atoms with Crippen LogP contribution in [0.4, 0.5) is 8.78 Å². The van der Waals surface area contributed by atoms with E-state index in [0.29, 0.717) is 6.42 Å². The van der Waals surface area contributed by atoms with Gasteiger partial charge in [0.1, 0.15) is 11.4 Å². The first-order valence-electron chi connectivity index (χ1n) is 6.47. The second kappa shape index (κ2) is 6.15. The molecule has 0 radical (unpaired) electrons. The van der Waals surface area contributed by atoms with E-state index in [1.165, 1.54) is 0 Å². The van der Waals surface area contributed by atoms with Crippen molar-refractivity contribution in [2.75, 3.05) is 0 Å². The van der Waals surface area contributed by atoms with E-state index < -0.39 is 23.0 Å². The predicted octanol–water partition coefficient (Wildman–Crippen LogP) is 0.696. The molecule has 3 N–H and O–H groups in total. The summed E-state index contributed by atoms with van der Waals surface area (Å²) in [5.74, 6) is 0. The van der Waals surface area contributed by atoms with Crippen molar-refractivity contribution in [2.45, 2.75) is 55.6 Å². The van der Waals surface area contributed by atoms with Crippen LogP contribution in [0.15, 0.2) is 17.3 Å². The highest BCUT2D eigenvalue weighted by Crippen LogP contribution is 2.19. The van der Waals surface area contributed by atoms with Crippen LogP contribution in [-0.4, -0.2) is 36.7 Å². The molecule has 2 atom stereocenters. The number of sulfonamides is 1. The molecule has 1 saturated carbocycles. The van der Waals surface area contributed by atoms with E-state index in [1.807, 2.05) is 0 Å². The molecule has 6 nitrogen and oxygen atoms in total. The summed E-state index contributed by atoms with van der Waals surface area (Å²) in [6.07, 6.45) is 2.97. The van der Waals surface area contributed by atoms with Crippen LogP contribution in [0.2, 0.25) is 0 Å². The molecule has 0 aromatic carbocycles. The Labute approximate surface area is 116 Å². The Morgan fingerprint density at radius 1 is 1.45 bits per heavy atom. The molecule has 0 bridgehead atoms. The van der Waals surface area contributed by atoms with Crippen LogP contribution in [0.5, 0.6) is 0 Å². The maximum Gasteiger partial charge on any atom is 0.257 e. The fraction of sp³-hybridized carbons (Fsp3) is 0.727. The van der Waals surface area contributed by atoms with Gasteiger partial charge in [-0.1, -0.05) is 12.8 Å². The van der Waals surface area contributed by atoms with Crippen molar-refractivity contribution in [1.82, 2.24) is 14.5 Å². The predicted molar refractivity (Wildman–Crippen MR) is 68.8 cm³/mol. The molecule has 1 aliphatic carbocycles. The summed E-state index contributed by atoms with van der Waals surface area (Å²) < 4.78 is 52.1. The number of nitrogens with two attached hydrogens (primary N) is 1. The van der Waals surface area contributed by atoms with Crippen molar-refractivity contribution in [2.24, 2.45) is 5.73 Å². The van der Waals surface area contributed by atoms with Gasteiger partial charge in [0.05, 0.1) is 6.20 Å². The quantitative estimate of drug-likeness (QED) is 0.837. The topological polar surface area (TPSA) is 90.0 Å². The van der Waals surface area contributed by atoms with Crippen molar-refractivity contribution in [3.05, 3.63) is 12.4 Å². The Morgan fingerprint density at radius 3 is 2.80 bits per heavy atom. The fourth-order valence-corrected chi connectivity index (χ4v) is 3.57. The monoisotopic (exact) mass is 308 g/mol. The van der Waals surface area contributed by atoms with E-state index >= 15 is 0 Å². The van der Waals surface area contributed by atoms with Crippen molar-refractivity contribution < 1.29 is 17.2 Å². The molecule has 1 heterocycles. The molecule has 0 spiro atoms. The van der Waals surface area contributed by atoms with E-state index in [-0.39, 0.29) is 17.0 Å². The number of rotatable bonds is 5. The van der Waals surface area contributed by atoms with Gasteiger partial charge in [0.25, 0.3) is 6.43 Å². The van der Waals surface area contributed by atoms with Gasteiger partial charge in [0.2, 0.25) is 10.0 Å². The number of nitrogens with zero attached hydrogens (tertiary/aromatic N) is 2. The molecule has 1 aromatic rings. The van der Waals surface area contributed by atoms with E-state index in [4.69, 9.17) is 5.73 Å². The largest absolute Gasteiger partial charge is 0.326 e. The van der Waals surface area contributed by atoms with Crippen LogP contribution in [-0.2, 0) is 16.6 Å². The molecule has 114 valence electrons. The zero-order valence-corrected chi connectivity index (χ0v) is 11.7. The zero-order valence-electron chi connectivity index (χ0n) is 10.9. The average Bonchev–Trinajstić information content (AvgIpc) is 2.80. The minimum absolute atomic E-state index is 0.115. The molecular weight excluding hydrogens is 290 g/mol. The van der Waals surface area contributed by atoms with Gasteiger partial charge in [0.15, 0.2) is 0 Å². The zero-order chi connectivity index (χ0) is 14.8. The number of aromatic nitrogens is 2. The van der Waals surface area contributed by atoms with Crippen LogP contribution in [0.25, 0.3) is 0 Å². The summed E-state index contributed by atoms with van der Waals surface area (Å²) in [6, 6.07) is -0.526. The minimum atomic E-state index is -3.77. The third-order valence-electron chi connectivity index (χ3n) is 3.37. The molecule has 2 rings (SSSR count). The fourth-order valence-electron chi connectivity index (χ4n) is 2.30. The van der Waals surface area contributed by atoms with Crippen LogP contribution in [0, 0.1) is 0 Å². The molecule has 1 aliphatic rings.